The Kier molecular flexibility index (Phi) is 64.0. The maximum Gasteiger partial charge on any atom is 2.00 e. The molecule has 0 saturated carbocycles. The maximum absolute atomic E-state index is 13.9. The van der Waals surface area contributed by atoms with Crippen molar-refractivity contribution in [2.45, 2.75) is 269 Å². The van der Waals surface area contributed by atoms with E-state index in [0.717, 1.165) is 73.0 Å². The number of ether oxygens (including phenoxy) is 5. The molecule has 3 aromatic rings. The number of carbonyl (C=O) groups is 6. The summed E-state index contributed by atoms with van der Waals surface area (Å²) >= 11 is 14.7. The number of hydrogen-bond donors (Lipinski definition) is 6. The first-order chi connectivity index (χ1) is 53.7. The number of aromatic nitrogens is 3. The number of nitrogens with one attached hydrogen (secondary N) is 1. The molecule has 42 heteroatoms. The van der Waals surface area contributed by atoms with Crippen LogP contribution in [0.15, 0.2) is 48.5 Å². The Hall–Kier alpha value is 4.06. The van der Waals surface area contributed by atoms with E-state index < -0.39 is 90.9 Å². The summed E-state index contributed by atoms with van der Waals surface area (Å²) in [6.45, 7) is 4.19. The van der Waals surface area contributed by atoms with Crippen molar-refractivity contribution in [3.05, 3.63) is 80.5 Å². The number of aliphatic hydroxyl groups is 1. The van der Waals surface area contributed by atoms with E-state index >= 15 is 0 Å². The number of aliphatic hydroxyl groups excluding tert-OH is 1. The zero-order valence-corrected chi connectivity index (χ0v) is 94.5. The van der Waals surface area contributed by atoms with Crippen LogP contribution >= 0.6 is 66.1 Å². The maximum atomic E-state index is 13.9. The molecule has 6 heterocycles. The van der Waals surface area contributed by atoms with Gasteiger partial charge in [0, 0.05) is 107 Å². The number of halogens is 2. The fourth-order valence-electron chi connectivity index (χ4n) is 12.8. The molecule has 2 aromatic carbocycles. The predicted molar refractivity (Wildman–Crippen MR) is 474 cm³/mol. The van der Waals surface area contributed by atoms with Gasteiger partial charge in [-0.25, -0.2) is 35.7 Å². The number of para-hydroxylation sites is 1. The van der Waals surface area contributed by atoms with Crippen LogP contribution in [0.3, 0.4) is 0 Å². The molecule has 0 aliphatic carbocycles. The number of amides is 2. The number of ketones is 4. The van der Waals surface area contributed by atoms with Crippen LogP contribution in [0.5, 0.6) is 0 Å². The number of nitrogens with zero attached hydrogens (tertiary/aromatic N) is 4. The number of benzene rings is 2. The Bertz CT molecular complexity index is 3650. The monoisotopic (exact) mass is 2470 g/mol. The summed E-state index contributed by atoms with van der Waals surface area (Å²) in [4.78, 5) is 118. The second-order valence-electron chi connectivity index (χ2n) is 27.8. The molecule has 6 unspecified atom stereocenters. The van der Waals surface area contributed by atoms with Crippen molar-refractivity contribution in [2.24, 2.45) is 0 Å². The minimum Gasteiger partial charge on any atom is -1.00 e. The van der Waals surface area contributed by atoms with E-state index in [2.05, 4.69) is 66.1 Å². The third kappa shape index (κ3) is 44.8. The second kappa shape index (κ2) is 64.0. The van der Waals surface area contributed by atoms with E-state index in [0.29, 0.717) is 43.8 Å². The fraction of sp³-hybridized carbons (Fsp3) is 0.662. The Morgan fingerprint density at radius 2 is 1.07 bits per heavy atom. The summed E-state index contributed by atoms with van der Waals surface area (Å²) in [5, 5.41) is 21.7. The van der Waals surface area contributed by atoms with Crippen LogP contribution in [-0.2, 0) is 130 Å². The molecule has 5 aliphatic rings. The van der Waals surface area contributed by atoms with E-state index in [1.165, 1.54) is 91.1 Å². The van der Waals surface area contributed by atoms with Gasteiger partial charge in [-0.3, -0.25) is 33.0 Å². The molecule has 30 nitrogen and oxygen atoms in total. The van der Waals surface area contributed by atoms with Gasteiger partial charge in [-0.05, 0) is 80.6 Å². The first-order valence-corrected chi connectivity index (χ1v) is 53.1. The van der Waals surface area contributed by atoms with Crippen molar-refractivity contribution in [1.29, 1.82) is 0 Å². The molecule has 0 spiro atoms. The summed E-state index contributed by atoms with van der Waals surface area (Å²) < 4.78 is 85.8. The molecule has 8 rings (SSSR count). The van der Waals surface area contributed by atoms with Crippen molar-refractivity contribution in [1.82, 2.24) is 20.3 Å². The Morgan fingerprint density at radius 1 is 0.595 bits per heavy atom. The zero-order valence-electron chi connectivity index (χ0n) is 71.2. The first kappa shape index (κ1) is 116. The number of carbonyl (C=O) groups excluding carboxylic acids is 6. The number of fused-ring (bicyclic) bond motifs is 5. The number of aryl methyl sites for hydroxylation is 1. The first-order valence-electron chi connectivity index (χ1n) is 38.4. The third-order valence-electron chi connectivity index (χ3n) is 18.7. The molecule has 4 fully saturated rings. The van der Waals surface area contributed by atoms with Crippen molar-refractivity contribution < 1.29 is 124 Å². The second-order valence-corrected chi connectivity index (χ2v) is 36.6. The molecule has 4 saturated heterocycles. The van der Waals surface area contributed by atoms with Crippen LogP contribution in [-0.4, -0.2) is 378 Å². The van der Waals surface area contributed by atoms with Gasteiger partial charge >= 0.3 is 217 Å². The predicted octanol–water partition coefficient (Wildman–Crippen LogP) is 13.1. The normalized spacial score (nSPS) is 21.6. The fourth-order valence-corrected chi connectivity index (χ4v) is 17.6. The van der Waals surface area contributed by atoms with Crippen LogP contribution in [0.4, 0.5) is 5.69 Å². The summed E-state index contributed by atoms with van der Waals surface area (Å²) in [5.41, 5.74) is 5.08. The number of phosphoric acid groups is 1. The molecule has 116 heavy (non-hydrogen) atoms. The van der Waals surface area contributed by atoms with Crippen LogP contribution in [0.2, 0.25) is 0 Å². The molecule has 5 aliphatic heterocycles. The van der Waals surface area contributed by atoms with Crippen LogP contribution < -0.4 is 10.2 Å². The van der Waals surface area contributed by atoms with Gasteiger partial charge in [0.1, 0.15) is 23.0 Å². The molecular weight excluding hydrogens is 2350 g/mol. The number of hydrogen-bond acceptors (Lipinski definition) is 26. The van der Waals surface area contributed by atoms with E-state index in [4.69, 9.17) is 83.5 Å². The van der Waals surface area contributed by atoms with E-state index in [1.54, 1.807) is 11.8 Å². The summed E-state index contributed by atoms with van der Waals surface area (Å²) in [6, 6.07) is 15.3. The van der Waals surface area contributed by atoms with Gasteiger partial charge in [-0.2, -0.15) is 0 Å². The van der Waals surface area contributed by atoms with E-state index in [9.17, 15) is 58.0 Å². The standard InChI is InChI=1S/C51H70N4O22P4S2.C23H43NO3.4Ba.I2.4H/c1-3-22-55-51-38-11-5-4-9-35(38)30-54(40-13-7-6-12-39(40)50(51)52-53-55)49(59)14-8-10-36(56)15-23-65-24-16-37(57)17-29-70-79(61,62)72-32-46-43(20-27-67-46)76-81(64,83)74-34-48-44(21-28-69-48)77-80(63,82)73-33-47-42(19-26-68-47)75-78(2,60)71-31-45-41(58)18-25-66-45;1-4-17-22(24-21(3)26)23(27)19-16-14-12-10-8-6-5-7-9-11-13-15-18-20(2)25;;;;;1-2;;;;/h4-7,9,11-13,25-28,41-48,58,60H,2-3,8,10,14-24,29-34H2,1H3,(H,61,62)(H,63,82)(H,64,83);22H,4-19H2,1-3H3,(H,24,26);;;;;;;;;/q-4;;4*+2;;4*-1/t41?,42-,43-,44?,45+,46-,47-,48+,78?,80?,81?;22-;;;;;;;;;/m01........./s1. The molecule has 0 radical (unpaired) electrons. The Balaban J connectivity index is -0.00000318. The summed E-state index contributed by atoms with van der Waals surface area (Å²) in [6.07, 6.45) is 16.5. The van der Waals surface area contributed by atoms with Gasteiger partial charge in [0.2, 0.25) is 19.4 Å². The number of unbranched alkanes of at least 4 members (excludes halogenated alkanes) is 11. The molecular formula is C74H117Ba4I2N5O25P4S2. The van der Waals surface area contributed by atoms with Crippen LogP contribution in [0.1, 0.15) is 212 Å². The molecule has 1 aromatic heterocycles. The molecule has 6 N–H and O–H groups in total. The van der Waals surface area contributed by atoms with Gasteiger partial charge in [-0.1, -0.05) is 132 Å². The topological polar surface area (TPSA) is 387 Å². The van der Waals surface area contributed by atoms with Crippen LogP contribution in [0, 0.1) is 26.4 Å². The molecule has 2 amide bonds. The minimum atomic E-state index is -4.70. The minimum absolute atomic E-state index is 0. The molecule has 0 bridgehead atoms. The number of Topliss-reactive ketones (excluding diaryl/α,β-unsaturated/α-hetero) is 4. The van der Waals surface area contributed by atoms with E-state index in [1.807, 2.05) is 60.1 Å². The SMILES string of the molecule is C=P(O)(OC[C@H]1O[CH-]CC1O)O[C@H]1C[CH-]O[C@H]1COP(O)(=S)OC1C[CH-]O[C@@H]1COP(O)(=S)O[C@H]1C[CH-]O[C@H]1COP(=O)(O)OCCC(=O)CCOCCC(=O)CCCC(=O)N1Cc2ccccc2-c2c(nnn2CCC)-c2ccccc21.CCC[C@@H](NC(C)=O)C(=O)CCCCCCCCCCCCCCC(C)=O.II.[Ba+2].[Ba+2].[Ba+2].[Ba+2].[H-].[H-].[H-].[H-]. The van der Waals surface area contributed by atoms with Gasteiger partial charge in [-0.15, -0.1) is 30.8 Å². The Labute approximate surface area is 885 Å². The van der Waals surface area contributed by atoms with Gasteiger partial charge in [0.25, 0.3) is 0 Å². The summed E-state index contributed by atoms with van der Waals surface area (Å²) in [5.74, 6) is -0.149. The van der Waals surface area contributed by atoms with Crippen LogP contribution in [0.25, 0.3) is 22.5 Å². The van der Waals surface area contributed by atoms with Crippen molar-refractivity contribution in [2.75, 3.05) is 51.1 Å². The van der Waals surface area contributed by atoms with Gasteiger partial charge < -0.3 is 96.2 Å². The van der Waals surface area contributed by atoms with Gasteiger partial charge in [0.15, 0.2) is 5.78 Å². The van der Waals surface area contributed by atoms with Crippen molar-refractivity contribution in [3.8, 4) is 22.5 Å². The smallest absolute Gasteiger partial charge is 1.00 e. The van der Waals surface area contributed by atoms with Crippen molar-refractivity contribution >= 4 is 332 Å². The third-order valence-corrected chi connectivity index (χ3v) is 24.0. The zero-order chi connectivity index (χ0) is 81.5. The average molecular weight is 2470 g/mol. The van der Waals surface area contributed by atoms with Crippen molar-refractivity contribution in [3.63, 3.8) is 0 Å². The average Bonchev–Trinajstić information content (AvgIpc) is 1.53. The number of phosphoric ester groups is 1. The molecule has 13 atom stereocenters. The Morgan fingerprint density at radius 3 is 1.59 bits per heavy atom. The largest absolute Gasteiger partial charge is 2.00 e. The molecule has 642 valence electrons. The summed E-state index contributed by atoms with van der Waals surface area (Å²) in [7, 11) is -8.34. The van der Waals surface area contributed by atoms with E-state index in [-0.39, 0.29) is 321 Å². The number of anilines is 1. The van der Waals surface area contributed by atoms with Gasteiger partial charge in [0.05, 0.1) is 119 Å². The number of rotatable bonds is 53. The quantitative estimate of drug-likeness (QED) is 0.0100.